The molecule has 0 radical (unpaired) electrons. The van der Waals surface area contributed by atoms with Crippen molar-refractivity contribution in [3.05, 3.63) is 33.4 Å². The average molecular weight is 316 g/mol. The number of rotatable bonds is 2. The maximum Gasteiger partial charge on any atom is 0.130 e. The van der Waals surface area contributed by atoms with Gasteiger partial charge in [-0.15, -0.1) is 0 Å². The predicted octanol–water partition coefficient (Wildman–Crippen LogP) is 2.54. The third-order valence-corrected chi connectivity index (χ3v) is 3.68. The SMILES string of the molecule is O=CC1(c2cccc(I)c2)CCOCC1. The van der Waals surface area contributed by atoms with Crippen LogP contribution in [0.2, 0.25) is 0 Å². The molecule has 0 amide bonds. The average Bonchev–Trinajstić information content (AvgIpc) is 2.30. The highest BCUT2D eigenvalue weighted by Gasteiger charge is 2.34. The van der Waals surface area contributed by atoms with Gasteiger partial charge in [-0.2, -0.15) is 0 Å². The summed E-state index contributed by atoms with van der Waals surface area (Å²) >= 11 is 2.28. The van der Waals surface area contributed by atoms with Gasteiger partial charge in [0, 0.05) is 16.8 Å². The lowest BCUT2D eigenvalue weighted by atomic mass is 9.75. The van der Waals surface area contributed by atoms with Crippen molar-refractivity contribution in [2.75, 3.05) is 13.2 Å². The fourth-order valence-electron chi connectivity index (χ4n) is 2.01. The predicted molar refractivity (Wildman–Crippen MR) is 67.0 cm³/mol. The van der Waals surface area contributed by atoms with Crippen LogP contribution in [0.1, 0.15) is 18.4 Å². The summed E-state index contributed by atoms with van der Waals surface area (Å²) in [4.78, 5) is 11.3. The highest BCUT2D eigenvalue weighted by atomic mass is 127. The molecule has 0 unspecified atom stereocenters. The molecule has 3 heteroatoms. The van der Waals surface area contributed by atoms with E-state index in [9.17, 15) is 4.79 Å². The Kier molecular flexibility index (Phi) is 3.41. The van der Waals surface area contributed by atoms with Gasteiger partial charge < -0.3 is 9.53 Å². The summed E-state index contributed by atoms with van der Waals surface area (Å²) < 4.78 is 6.50. The van der Waals surface area contributed by atoms with Crippen LogP contribution in [0.5, 0.6) is 0 Å². The Labute approximate surface area is 103 Å². The van der Waals surface area contributed by atoms with E-state index in [2.05, 4.69) is 28.7 Å². The van der Waals surface area contributed by atoms with E-state index in [-0.39, 0.29) is 5.41 Å². The Morgan fingerprint density at radius 2 is 2.07 bits per heavy atom. The lowest BCUT2D eigenvalue weighted by Crippen LogP contribution is -2.35. The molecule has 1 aliphatic rings. The van der Waals surface area contributed by atoms with Crippen LogP contribution in [0.15, 0.2) is 24.3 Å². The molecule has 1 aliphatic heterocycles. The minimum absolute atomic E-state index is 0.306. The van der Waals surface area contributed by atoms with E-state index in [1.807, 2.05) is 18.2 Å². The molecule has 0 atom stereocenters. The number of benzene rings is 1. The summed E-state index contributed by atoms with van der Waals surface area (Å²) in [6, 6.07) is 8.20. The van der Waals surface area contributed by atoms with Gasteiger partial charge >= 0.3 is 0 Å². The van der Waals surface area contributed by atoms with Gasteiger partial charge in [0.2, 0.25) is 0 Å². The number of hydrogen-bond donors (Lipinski definition) is 0. The molecule has 15 heavy (non-hydrogen) atoms. The number of aldehydes is 1. The summed E-state index contributed by atoms with van der Waals surface area (Å²) in [5, 5.41) is 0. The highest BCUT2D eigenvalue weighted by Crippen LogP contribution is 2.33. The lowest BCUT2D eigenvalue weighted by molar-refractivity contribution is -0.115. The van der Waals surface area contributed by atoms with Crippen LogP contribution in [0.25, 0.3) is 0 Å². The van der Waals surface area contributed by atoms with E-state index in [4.69, 9.17) is 4.74 Å². The van der Waals surface area contributed by atoms with Gasteiger partial charge in [0.1, 0.15) is 6.29 Å². The van der Waals surface area contributed by atoms with Gasteiger partial charge in [-0.3, -0.25) is 0 Å². The zero-order valence-corrected chi connectivity index (χ0v) is 10.6. The quantitative estimate of drug-likeness (QED) is 0.619. The first-order valence-electron chi connectivity index (χ1n) is 5.07. The van der Waals surface area contributed by atoms with Crippen LogP contribution in [-0.4, -0.2) is 19.5 Å². The number of hydrogen-bond acceptors (Lipinski definition) is 2. The van der Waals surface area contributed by atoms with Crippen LogP contribution in [0.3, 0.4) is 0 Å². The van der Waals surface area contributed by atoms with Crippen LogP contribution in [-0.2, 0) is 14.9 Å². The van der Waals surface area contributed by atoms with E-state index in [0.29, 0.717) is 13.2 Å². The topological polar surface area (TPSA) is 26.3 Å². The molecule has 0 aromatic heterocycles. The zero-order chi connectivity index (χ0) is 10.7. The Hall–Kier alpha value is -0.420. The molecular formula is C12H13IO2. The van der Waals surface area contributed by atoms with Gasteiger partial charge in [-0.05, 0) is 53.1 Å². The Morgan fingerprint density at radius 3 is 2.67 bits per heavy atom. The summed E-state index contributed by atoms with van der Waals surface area (Å²) in [5.41, 5.74) is 0.826. The van der Waals surface area contributed by atoms with E-state index in [1.165, 1.54) is 3.57 Å². The molecule has 2 nitrogen and oxygen atoms in total. The Balaban J connectivity index is 2.36. The molecule has 0 bridgehead atoms. The summed E-state index contributed by atoms with van der Waals surface area (Å²) in [5.74, 6) is 0. The van der Waals surface area contributed by atoms with Crippen LogP contribution in [0, 0.1) is 3.57 Å². The number of carbonyl (C=O) groups excluding carboxylic acids is 1. The van der Waals surface area contributed by atoms with Crippen molar-refractivity contribution in [3.63, 3.8) is 0 Å². The van der Waals surface area contributed by atoms with Gasteiger partial charge in [-0.25, -0.2) is 0 Å². The molecule has 0 N–H and O–H groups in total. The molecule has 1 aromatic rings. The van der Waals surface area contributed by atoms with Crippen molar-refractivity contribution < 1.29 is 9.53 Å². The van der Waals surface area contributed by atoms with Gasteiger partial charge in [-0.1, -0.05) is 12.1 Å². The number of halogens is 1. The number of ether oxygens (including phenoxy) is 1. The lowest BCUT2D eigenvalue weighted by Gasteiger charge is -2.32. The first kappa shape index (κ1) is 11.1. The second kappa shape index (κ2) is 4.61. The van der Waals surface area contributed by atoms with Crippen LogP contribution < -0.4 is 0 Å². The second-order valence-electron chi connectivity index (χ2n) is 3.90. The molecule has 1 aromatic carbocycles. The molecule has 2 rings (SSSR count). The van der Waals surface area contributed by atoms with Crippen LogP contribution >= 0.6 is 22.6 Å². The normalized spacial score (nSPS) is 19.8. The summed E-state index contributed by atoms with van der Waals surface area (Å²) in [6.45, 7) is 1.37. The number of carbonyl (C=O) groups is 1. The summed E-state index contributed by atoms with van der Waals surface area (Å²) in [7, 11) is 0. The van der Waals surface area contributed by atoms with E-state index >= 15 is 0 Å². The molecular weight excluding hydrogens is 303 g/mol. The summed E-state index contributed by atoms with van der Waals surface area (Å²) in [6.07, 6.45) is 2.70. The molecule has 1 saturated heterocycles. The zero-order valence-electron chi connectivity index (χ0n) is 8.41. The molecule has 80 valence electrons. The first-order valence-corrected chi connectivity index (χ1v) is 6.15. The molecule has 0 spiro atoms. The third-order valence-electron chi connectivity index (χ3n) is 3.01. The van der Waals surface area contributed by atoms with Gasteiger partial charge in [0.25, 0.3) is 0 Å². The maximum absolute atomic E-state index is 11.3. The first-order chi connectivity index (χ1) is 7.27. The molecule has 1 heterocycles. The monoisotopic (exact) mass is 316 g/mol. The maximum atomic E-state index is 11.3. The second-order valence-corrected chi connectivity index (χ2v) is 5.14. The van der Waals surface area contributed by atoms with Gasteiger partial charge in [0.15, 0.2) is 0 Å². The van der Waals surface area contributed by atoms with Crippen molar-refractivity contribution in [2.45, 2.75) is 18.3 Å². The standard InChI is InChI=1S/C12H13IO2/c13-11-3-1-2-10(8-11)12(9-14)4-6-15-7-5-12/h1-3,8-9H,4-7H2. The van der Waals surface area contributed by atoms with Crippen LogP contribution in [0.4, 0.5) is 0 Å². The molecule has 1 fully saturated rings. The van der Waals surface area contributed by atoms with Gasteiger partial charge in [0.05, 0.1) is 5.41 Å². The Morgan fingerprint density at radius 1 is 1.33 bits per heavy atom. The van der Waals surface area contributed by atoms with E-state index in [1.54, 1.807) is 0 Å². The largest absolute Gasteiger partial charge is 0.381 e. The fraction of sp³-hybridized carbons (Fsp3) is 0.417. The Bertz CT molecular complexity index is 356. The third kappa shape index (κ3) is 2.23. The van der Waals surface area contributed by atoms with Crippen molar-refractivity contribution in [1.29, 1.82) is 0 Å². The molecule has 0 saturated carbocycles. The van der Waals surface area contributed by atoms with Crippen molar-refractivity contribution in [2.24, 2.45) is 0 Å². The van der Waals surface area contributed by atoms with Crippen molar-refractivity contribution >= 4 is 28.9 Å². The van der Waals surface area contributed by atoms with Crippen molar-refractivity contribution in [3.8, 4) is 0 Å². The molecule has 0 aliphatic carbocycles. The van der Waals surface area contributed by atoms with E-state index < -0.39 is 0 Å². The highest BCUT2D eigenvalue weighted by molar-refractivity contribution is 14.1. The minimum Gasteiger partial charge on any atom is -0.381 e. The smallest absolute Gasteiger partial charge is 0.130 e. The fourth-order valence-corrected chi connectivity index (χ4v) is 2.55. The van der Waals surface area contributed by atoms with E-state index in [0.717, 1.165) is 24.7 Å². The minimum atomic E-state index is -0.306. The van der Waals surface area contributed by atoms with Crippen molar-refractivity contribution in [1.82, 2.24) is 0 Å².